The Kier molecular flexibility index (Phi) is 3.57. The van der Waals surface area contributed by atoms with E-state index in [4.69, 9.17) is 9.47 Å². The van der Waals surface area contributed by atoms with Gasteiger partial charge in [0, 0.05) is 0 Å². The molecule has 0 aliphatic heterocycles. The molecule has 0 aromatic rings. The first-order valence-corrected chi connectivity index (χ1v) is 7.56. The fraction of sp³-hybridized carbons (Fsp3) is 0.750. The molecule has 4 nitrogen and oxygen atoms in total. The molecule has 0 unspecified atom stereocenters. The van der Waals surface area contributed by atoms with Crippen LogP contribution in [0.25, 0.3) is 0 Å². The second-order valence-electron chi connectivity index (χ2n) is 6.15. The average Bonchev–Trinajstić information content (AvgIpc) is 3.11. The number of rotatable bonds is 2. The van der Waals surface area contributed by atoms with Crippen LogP contribution in [-0.4, -0.2) is 26.2 Å². The maximum Gasteiger partial charge on any atom is 0.310 e. The van der Waals surface area contributed by atoms with Crippen LogP contribution in [-0.2, 0) is 19.1 Å². The molecule has 0 aromatic heterocycles. The molecule has 0 N–H and O–H groups in total. The monoisotopic (exact) mass is 278 g/mol. The molecule has 3 aliphatic carbocycles. The van der Waals surface area contributed by atoms with Gasteiger partial charge in [0.05, 0.1) is 26.1 Å². The van der Waals surface area contributed by atoms with Crippen LogP contribution in [0.3, 0.4) is 0 Å². The molecule has 20 heavy (non-hydrogen) atoms. The molecule has 110 valence electrons. The van der Waals surface area contributed by atoms with E-state index in [0.717, 1.165) is 38.5 Å². The van der Waals surface area contributed by atoms with Crippen molar-refractivity contribution >= 4 is 11.9 Å². The smallest absolute Gasteiger partial charge is 0.310 e. The Morgan fingerprint density at radius 1 is 0.850 bits per heavy atom. The summed E-state index contributed by atoms with van der Waals surface area (Å²) in [6.07, 6.45) is 6.43. The van der Waals surface area contributed by atoms with Crippen LogP contribution in [0.2, 0.25) is 0 Å². The van der Waals surface area contributed by atoms with Gasteiger partial charge in [0.2, 0.25) is 0 Å². The predicted molar refractivity (Wildman–Crippen MR) is 72.7 cm³/mol. The average molecular weight is 278 g/mol. The summed E-state index contributed by atoms with van der Waals surface area (Å²) in [5, 5.41) is 0. The van der Waals surface area contributed by atoms with Crippen molar-refractivity contribution in [3.05, 3.63) is 11.1 Å². The highest BCUT2D eigenvalue weighted by atomic mass is 16.5. The fourth-order valence-corrected chi connectivity index (χ4v) is 4.73. The summed E-state index contributed by atoms with van der Waals surface area (Å²) in [5.41, 5.74) is 2.92. The van der Waals surface area contributed by atoms with E-state index in [1.165, 1.54) is 25.4 Å². The first-order chi connectivity index (χ1) is 9.69. The number of fused-ring (bicyclic) bond motifs is 2. The number of methoxy groups -OCH3 is 2. The molecular weight excluding hydrogens is 256 g/mol. The topological polar surface area (TPSA) is 52.6 Å². The largest absolute Gasteiger partial charge is 0.469 e. The van der Waals surface area contributed by atoms with Gasteiger partial charge in [-0.1, -0.05) is 11.1 Å². The quantitative estimate of drug-likeness (QED) is 0.575. The summed E-state index contributed by atoms with van der Waals surface area (Å²) in [6.45, 7) is 0. The summed E-state index contributed by atoms with van der Waals surface area (Å²) in [4.78, 5) is 24.6. The number of hydrogen-bond acceptors (Lipinski definition) is 4. The van der Waals surface area contributed by atoms with Gasteiger partial charge in [0.15, 0.2) is 0 Å². The van der Waals surface area contributed by atoms with Crippen molar-refractivity contribution < 1.29 is 19.1 Å². The van der Waals surface area contributed by atoms with Crippen molar-refractivity contribution in [3.8, 4) is 0 Å². The van der Waals surface area contributed by atoms with E-state index in [0.29, 0.717) is 0 Å². The Balaban J connectivity index is 2.06. The van der Waals surface area contributed by atoms with Crippen LogP contribution < -0.4 is 0 Å². The number of hydrogen-bond donors (Lipinski definition) is 0. The Morgan fingerprint density at radius 3 is 1.60 bits per heavy atom. The zero-order valence-electron chi connectivity index (χ0n) is 12.2. The summed E-state index contributed by atoms with van der Waals surface area (Å²) in [6, 6.07) is 0. The van der Waals surface area contributed by atoms with E-state index in [2.05, 4.69) is 0 Å². The highest BCUT2D eigenvalue weighted by molar-refractivity contribution is 5.84. The molecule has 0 spiro atoms. The molecule has 4 heteroatoms. The predicted octanol–water partition coefficient (Wildman–Crippen LogP) is 2.48. The summed E-state index contributed by atoms with van der Waals surface area (Å²) >= 11 is 0. The molecule has 3 rings (SSSR count). The molecule has 3 aliphatic rings. The fourth-order valence-electron chi connectivity index (χ4n) is 4.73. The van der Waals surface area contributed by atoms with Crippen molar-refractivity contribution in [2.24, 2.45) is 23.7 Å². The van der Waals surface area contributed by atoms with E-state index in [1.807, 2.05) is 0 Å². The van der Waals surface area contributed by atoms with Gasteiger partial charge in [0.1, 0.15) is 0 Å². The first-order valence-electron chi connectivity index (χ1n) is 7.56. The summed E-state index contributed by atoms with van der Waals surface area (Å²) in [5.74, 6) is -0.744. The van der Waals surface area contributed by atoms with Gasteiger partial charge in [-0.3, -0.25) is 9.59 Å². The zero-order valence-corrected chi connectivity index (χ0v) is 12.2. The Hall–Kier alpha value is -1.32. The van der Waals surface area contributed by atoms with Gasteiger partial charge in [-0.05, 0) is 50.4 Å². The van der Waals surface area contributed by atoms with Crippen molar-refractivity contribution in [1.82, 2.24) is 0 Å². The maximum atomic E-state index is 12.3. The number of carbonyl (C=O) groups excluding carboxylic acids is 2. The van der Waals surface area contributed by atoms with E-state index in [9.17, 15) is 9.59 Å². The van der Waals surface area contributed by atoms with Crippen molar-refractivity contribution in [1.29, 1.82) is 0 Å². The second kappa shape index (κ2) is 5.23. The Labute approximate surface area is 119 Å². The van der Waals surface area contributed by atoms with Crippen LogP contribution in [0.5, 0.6) is 0 Å². The molecule has 4 atom stereocenters. The van der Waals surface area contributed by atoms with Crippen LogP contribution in [0.1, 0.15) is 38.5 Å². The Morgan fingerprint density at radius 2 is 1.25 bits per heavy atom. The molecule has 0 bridgehead atoms. The van der Waals surface area contributed by atoms with Crippen LogP contribution in [0, 0.1) is 23.7 Å². The lowest BCUT2D eigenvalue weighted by Crippen LogP contribution is -2.43. The number of esters is 2. The summed E-state index contributed by atoms with van der Waals surface area (Å²) in [7, 11) is 2.83. The lowest BCUT2D eigenvalue weighted by molar-refractivity contribution is -0.162. The van der Waals surface area contributed by atoms with Crippen molar-refractivity contribution in [2.45, 2.75) is 38.5 Å². The highest BCUT2D eigenvalue weighted by Crippen LogP contribution is 2.55. The highest BCUT2D eigenvalue weighted by Gasteiger charge is 2.53. The van der Waals surface area contributed by atoms with Crippen LogP contribution in [0.4, 0.5) is 0 Å². The van der Waals surface area contributed by atoms with Crippen LogP contribution >= 0.6 is 0 Å². The lowest BCUT2D eigenvalue weighted by atomic mass is 9.65. The normalized spacial score (nSPS) is 35.5. The molecular formula is C16H22O4. The van der Waals surface area contributed by atoms with Gasteiger partial charge >= 0.3 is 11.9 Å². The first kappa shape index (κ1) is 13.7. The molecule has 2 saturated carbocycles. The standard InChI is InChI=1S/C16H22O4/c1-19-15(17)13-11-7-3-5-9(11)10-6-4-8-12(10)14(13)16(18)20-2/h11-14H,3-8H2,1-2H3/t11-,12+,13-,14-/m0/s1. The van der Waals surface area contributed by atoms with E-state index in [-0.39, 0.29) is 35.6 Å². The number of carbonyl (C=O) groups is 2. The van der Waals surface area contributed by atoms with E-state index < -0.39 is 0 Å². The minimum atomic E-state index is -0.336. The third-order valence-electron chi connectivity index (χ3n) is 5.43. The minimum absolute atomic E-state index is 0.205. The van der Waals surface area contributed by atoms with Gasteiger partial charge in [-0.15, -0.1) is 0 Å². The molecule has 0 radical (unpaired) electrons. The second-order valence-corrected chi connectivity index (χ2v) is 6.15. The van der Waals surface area contributed by atoms with Gasteiger partial charge in [-0.2, -0.15) is 0 Å². The van der Waals surface area contributed by atoms with E-state index >= 15 is 0 Å². The summed E-state index contributed by atoms with van der Waals surface area (Å²) < 4.78 is 10.0. The Bertz CT molecular complexity index is 423. The van der Waals surface area contributed by atoms with Crippen LogP contribution in [0.15, 0.2) is 11.1 Å². The molecule has 2 fully saturated rings. The van der Waals surface area contributed by atoms with Crippen molar-refractivity contribution in [2.75, 3.05) is 14.2 Å². The van der Waals surface area contributed by atoms with Crippen molar-refractivity contribution in [3.63, 3.8) is 0 Å². The molecule has 0 amide bonds. The third kappa shape index (κ3) is 1.88. The number of ether oxygens (including phenoxy) is 2. The zero-order chi connectivity index (χ0) is 14.3. The van der Waals surface area contributed by atoms with E-state index in [1.54, 1.807) is 0 Å². The van der Waals surface area contributed by atoms with Gasteiger partial charge < -0.3 is 9.47 Å². The molecule has 0 aromatic carbocycles. The molecule has 0 heterocycles. The maximum absolute atomic E-state index is 12.3. The van der Waals surface area contributed by atoms with Gasteiger partial charge in [-0.25, -0.2) is 0 Å². The SMILES string of the molecule is COC(=O)[C@@H]1[C@@H](C(=O)OC)[C@H]2CCCC2=C2CCC[C@H]21. The number of allylic oxidation sites excluding steroid dienone is 2. The molecule has 0 saturated heterocycles. The lowest BCUT2D eigenvalue weighted by Gasteiger charge is -2.38. The minimum Gasteiger partial charge on any atom is -0.469 e. The van der Waals surface area contributed by atoms with Gasteiger partial charge in [0.25, 0.3) is 0 Å². The third-order valence-corrected chi connectivity index (χ3v) is 5.43.